The molecule has 0 aromatic heterocycles. The van der Waals surface area contributed by atoms with Crippen molar-refractivity contribution in [1.29, 1.82) is 0 Å². The summed E-state index contributed by atoms with van der Waals surface area (Å²) in [6.07, 6.45) is -1.12. The molecule has 4 aliphatic heterocycles. The molecule has 5 atom stereocenters. The molecular weight excluding hydrogens is 1050 g/mol. The lowest BCUT2D eigenvalue weighted by molar-refractivity contribution is -0.120. The molecule has 0 saturated carbocycles. The summed E-state index contributed by atoms with van der Waals surface area (Å²) in [5.74, 6) is 1.24. The van der Waals surface area contributed by atoms with E-state index in [4.69, 9.17) is 38.9 Å². The number of benzene rings is 3. The molecule has 0 spiro atoms. The third-order valence-electron chi connectivity index (χ3n) is 13.4. The van der Waals surface area contributed by atoms with Crippen LogP contribution in [0.3, 0.4) is 0 Å². The first kappa shape index (κ1) is 61.9. The van der Waals surface area contributed by atoms with Crippen molar-refractivity contribution in [2.24, 2.45) is 28.4 Å². The number of nitrogens with zero attached hydrogens (tertiary/aromatic N) is 2. The minimum absolute atomic E-state index is 0.0307. The van der Waals surface area contributed by atoms with Gasteiger partial charge in [-0.15, -0.1) is 0 Å². The number of hydrogen-bond acceptors (Lipinski definition) is 18. The van der Waals surface area contributed by atoms with Gasteiger partial charge in [-0.3, -0.25) is 9.59 Å². The zero-order chi connectivity index (χ0) is 56.8. The van der Waals surface area contributed by atoms with Gasteiger partial charge in [0.25, 0.3) is 0 Å². The van der Waals surface area contributed by atoms with Crippen molar-refractivity contribution in [3.63, 3.8) is 0 Å². The lowest BCUT2D eigenvalue weighted by Crippen LogP contribution is -2.52. The van der Waals surface area contributed by atoms with Crippen LogP contribution in [0.5, 0.6) is 23.0 Å². The predicted octanol–water partition coefficient (Wildman–Crippen LogP) is 2.65. The number of hydrogen-bond donors (Lipinski definition) is 7. The molecule has 0 radical (unpaired) electrons. The summed E-state index contributed by atoms with van der Waals surface area (Å²) in [5, 5.41) is 32.1. The van der Waals surface area contributed by atoms with E-state index in [9.17, 15) is 41.3 Å². The van der Waals surface area contributed by atoms with Crippen LogP contribution in [0.25, 0.3) is 0 Å². The Balaban J connectivity index is 0.000000297. The minimum atomic E-state index is -4.24. The summed E-state index contributed by atoms with van der Waals surface area (Å²) in [6, 6.07) is 17.3. The SMILES string of the molecule is CB(O)NCC(=O)NCCC(C)(C)CN(C[C@@H](O)[C@H](Cc1ccccc1)NC(=O)O[C@H]1CO[C@H]2OCC[C@H]21)S(=O)(=O)c1ccc2c(c1)OCO2.CC(C)CN(CC(C)(C)CCNC(=O)CN)S(=O)(=O)c1ccc2c(c1)OCO2. The number of fused-ring (bicyclic) bond motifs is 3. The Kier molecular flexibility index (Phi) is 22.0. The van der Waals surface area contributed by atoms with E-state index >= 15 is 0 Å². The Bertz CT molecular complexity index is 2710. The zero-order valence-corrected chi connectivity index (χ0v) is 47.2. The van der Waals surface area contributed by atoms with Crippen LogP contribution >= 0.6 is 0 Å². The molecule has 8 N–H and O–H groups in total. The molecule has 4 heterocycles. The highest BCUT2D eigenvalue weighted by atomic mass is 32.2. The van der Waals surface area contributed by atoms with Crippen LogP contribution in [0.1, 0.15) is 66.4 Å². The van der Waals surface area contributed by atoms with Gasteiger partial charge < -0.3 is 70.2 Å². The average Bonchev–Trinajstić information content (AvgIpc) is 4.23. The lowest BCUT2D eigenvalue weighted by Gasteiger charge is -2.35. The van der Waals surface area contributed by atoms with E-state index in [0.29, 0.717) is 62.8 Å². The number of rotatable bonds is 27. The molecule has 7 rings (SSSR count). The van der Waals surface area contributed by atoms with Crippen LogP contribution in [0.4, 0.5) is 4.79 Å². The number of nitrogens with two attached hydrogens (primary N) is 1. The molecule has 432 valence electrons. The Hall–Kier alpha value is -5.29. The second kappa shape index (κ2) is 27.7. The number of carbonyl (C=O) groups excluding carboxylic acids is 3. The number of sulfonamides is 2. The van der Waals surface area contributed by atoms with Crippen molar-refractivity contribution < 1.29 is 74.5 Å². The van der Waals surface area contributed by atoms with Crippen LogP contribution in [0, 0.1) is 22.7 Å². The maximum atomic E-state index is 14.3. The van der Waals surface area contributed by atoms with Crippen LogP contribution in [0.15, 0.2) is 76.5 Å². The Labute approximate surface area is 458 Å². The monoisotopic (exact) mass is 1130 g/mol. The van der Waals surface area contributed by atoms with E-state index in [1.807, 2.05) is 71.9 Å². The normalized spacial score (nSPS) is 18.5. The maximum absolute atomic E-state index is 14.3. The van der Waals surface area contributed by atoms with Crippen molar-refractivity contribution >= 4 is 45.0 Å². The van der Waals surface area contributed by atoms with Gasteiger partial charge in [-0.1, -0.05) is 71.9 Å². The highest BCUT2D eigenvalue weighted by Crippen LogP contribution is 2.38. The van der Waals surface area contributed by atoms with E-state index in [2.05, 4.69) is 21.2 Å². The summed E-state index contributed by atoms with van der Waals surface area (Å²) in [5.41, 5.74) is 5.10. The average molecular weight is 1130 g/mol. The molecule has 23 nitrogen and oxygen atoms in total. The first-order chi connectivity index (χ1) is 36.9. The van der Waals surface area contributed by atoms with Crippen molar-refractivity contribution in [1.82, 2.24) is 29.8 Å². The highest BCUT2D eigenvalue weighted by Gasteiger charge is 2.44. The molecule has 3 aromatic carbocycles. The Morgan fingerprint density at radius 1 is 0.782 bits per heavy atom. The van der Waals surface area contributed by atoms with Crippen LogP contribution < -0.4 is 45.9 Å². The molecule has 0 bridgehead atoms. The third-order valence-corrected chi connectivity index (χ3v) is 17.0. The number of ether oxygens (including phenoxy) is 7. The number of alkyl carbamates (subject to hydrolysis) is 1. The van der Waals surface area contributed by atoms with Gasteiger partial charge in [0, 0.05) is 51.4 Å². The number of carbonyl (C=O) groups is 3. The molecule has 2 fully saturated rings. The second-order valence-electron chi connectivity index (χ2n) is 21.8. The summed E-state index contributed by atoms with van der Waals surface area (Å²) in [7, 11) is -8.78. The van der Waals surface area contributed by atoms with E-state index in [-0.39, 0.29) is 104 Å². The van der Waals surface area contributed by atoms with Gasteiger partial charge in [-0.25, -0.2) is 21.6 Å². The van der Waals surface area contributed by atoms with Crippen molar-refractivity contribution in [3.05, 3.63) is 72.3 Å². The van der Waals surface area contributed by atoms with Gasteiger partial charge >= 0.3 is 13.1 Å². The molecular formula is C52H78BN7O16S2. The van der Waals surface area contributed by atoms with Crippen LogP contribution in [-0.2, 0) is 50.3 Å². The summed E-state index contributed by atoms with van der Waals surface area (Å²) < 4.78 is 96.2. The van der Waals surface area contributed by atoms with Crippen molar-refractivity contribution in [2.75, 3.05) is 79.2 Å². The Morgan fingerprint density at radius 3 is 1.86 bits per heavy atom. The van der Waals surface area contributed by atoms with Crippen molar-refractivity contribution in [2.45, 2.75) is 108 Å². The molecule has 78 heavy (non-hydrogen) atoms. The summed E-state index contributed by atoms with van der Waals surface area (Å²) in [6.45, 7) is 14.8. The van der Waals surface area contributed by atoms with Crippen LogP contribution in [-0.4, -0.2) is 164 Å². The molecule has 0 unspecified atom stereocenters. The fraction of sp³-hybridized carbons (Fsp3) is 0.596. The number of nitrogens with one attached hydrogen (secondary N) is 4. The maximum Gasteiger partial charge on any atom is 0.407 e. The molecule has 3 amide bonds. The van der Waals surface area contributed by atoms with E-state index in [1.54, 1.807) is 12.1 Å². The van der Waals surface area contributed by atoms with E-state index in [0.717, 1.165) is 5.56 Å². The van der Waals surface area contributed by atoms with Gasteiger partial charge in [0.15, 0.2) is 29.3 Å². The van der Waals surface area contributed by atoms with Gasteiger partial charge in [0.05, 0.1) is 54.2 Å². The molecule has 2 saturated heterocycles. The summed E-state index contributed by atoms with van der Waals surface area (Å²) >= 11 is 0. The smallest absolute Gasteiger partial charge is 0.407 e. The first-order valence-corrected chi connectivity index (χ1v) is 29.1. The zero-order valence-electron chi connectivity index (χ0n) is 45.6. The number of aliphatic hydroxyl groups is 1. The predicted molar refractivity (Wildman–Crippen MR) is 288 cm³/mol. The molecule has 0 aliphatic carbocycles. The van der Waals surface area contributed by atoms with Gasteiger partial charge in [0.1, 0.15) is 6.10 Å². The van der Waals surface area contributed by atoms with Crippen LogP contribution in [0.2, 0.25) is 6.82 Å². The highest BCUT2D eigenvalue weighted by molar-refractivity contribution is 7.89. The van der Waals surface area contributed by atoms with E-state index in [1.165, 1.54) is 39.7 Å². The molecule has 4 aliphatic rings. The molecule has 3 aromatic rings. The Morgan fingerprint density at radius 2 is 1.32 bits per heavy atom. The van der Waals surface area contributed by atoms with E-state index < -0.39 is 63.1 Å². The largest absolute Gasteiger partial charge is 0.454 e. The third kappa shape index (κ3) is 17.9. The lowest BCUT2D eigenvalue weighted by atomic mass is 9.88. The quantitative estimate of drug-likeness (QED) is 0.0540. The molecule has 26 heteroatoms. The number of amides is 3. The van der Waals surface area contributed by atoms with Gasteiger partial charge in [-0.05, 0) is 79.1 Å². The first-order valence-electron chi connectivity index (χ1n) is 26.2. The number of aliphatic hydroxyl groups excluding tert-OH is 1. The fourth-order valence-electron chi connectivity index (χ4n) is 9.20. The minimum Gasteiger partial charge on any atom is -0.454 e. The standard InChI is InChI=1S/C33H47BN4O11S.C19H31N3O5S/c1-33(2,12-13-35-30(40)17-36-34(3)42)20-38(50(43,44)23-9-10-27-28(16-23)48-21-47-27)18-26(39)25(15-22-7-5-4-6-8-22)37-32(41)49-29-19-46-31-24(29)11-14-45-31;1-14(2)11-22(12-19(3,4)7-8-21-18(23)10-20)28(24,25)15-5-6-16-17(9-15)27-13-26-16/h4-10,16,24-26,29,31,36,39,42H,11-15,17-21H2,1-3H3,(H,35,40)(H,37,41);5-6,9,14H,7-8,10-13,20H2,1-4H3,(H,21,23)/t24-,25-,26+,29-,31+;/m0./s1. The second-order valence-corrected chi connectivity index (χ2v) is 25.7. The van der Waals surface area contributed by atoms with Gasteiger partial charge in [-0.2, -0.15) is 8.61 Å². The fourth-order valence-corrected chi connectivity index (χ4v) is 12.7. The summed E-state index contributed by atoms with van der Waals surface area (Å²) in [4.78, 5) is 36.9. The van der Waals surface area contributed by atoms with Gasteiger partial charge in [0.2, 0.25) is 45.4 Å². The topological polar surface area (TPSA) is 305 Å². The van der Waals surface area contributed by atoms with Crippen molar-refractivity contribution in [3.8, 4) is 23.0 Å².